The SMILES string of the molecule is CC(=O)C1=Nc2c(F)cc(-c3nc(Cl)ncc3F)cc2C12CCCCC2. The molecule has 1 aliphatic carbocycles. The second-order valence-corrected chi connectivity index (χ2v) is 7.19. The Kier molecular flexibility index (Phi) is 4.10. The number of carbonyl (C=O) groups is 1. The van der Waals surface area contributed by atoms with Gasteiger partial charge in [-0.05, 0) is 42.1 Å². The molecule has 2 heterocycles. The summed E-state index contributed by atoms with van der Waals surface area (Å²) in [5, 5.41) is -0.115. The first-order valence-corrected chi connectivity index (χ1v) is 8.93. The van der Waals surface area contributed by atoms with E-state index in [2.05, 4.69) is 15.0 Å². The summed E-state index contributed by atoms with van der Waals surface area (Å²) in [5.74, 6) is -1.43. The molecule has 4 rings (SSSR count). The summed E-state index contributed by atoms with van der Waals surface area (Å²) < 4.78 is 29.0. The molecule has 1 aliphatic heterocycles. The fourth-order valence-corrected chi connectivity index (χ4v) is 4.32. The van der Waals surface area contributed by atoms with Crippen molar-refractivity contribution in [1.82, 2.24) is 9.97 Å². The first-order chi connectivity index (χ1) is 12.4. The van der Waals surface area contributed by atoms with Crippen LogP contribution in [0.15, 0.2) is 23.3 Å². The number of hydrogen-bond donors (Lipinski definition) is 0. The van der Waals surface area contributed by atoms with Gasteiger partial charge in [0.2, 0.25) is 5.28 Å². The molecule has 0 atom stereocenters. The van der Waals surface area contributed by atoms with Gasteiger partial charge in [-0.25, -0.2) is 23.7 Å². The molecule has 0 unspecified atom stereocenters. The van der Waals surface area contributed by atoms with E-state index in [1.807, 2.05) is 0 Å². The minimum Gasteiger partial charge on any atom is -0.293 e. The second-order valence-electron chi connectivity index (χ2n) is 6.85. The molecule has 1 aromatic heterocycles. The topological polar surface area (TPSA) is 55.2 Å². The van der Waals surface area contributed by atoms with Crippen LogP contribution in [0.5, 0.6) is 0 Å². The highest BCUT2D eigenvalue weighted by Crippen LogP contribution is 2.51. The Bertz CT molecular complexity index is 952. The van der Waals surface area contributed by atoms with Gasteiger partial charge in [0.25, 0.3) is 0 Å². The quantitative estimate of drug-likeness (QED) is 0.697. The van der Waals surface area contributed by atoms with Crippen LogP contribution in [0.3, 0.4) is 0 Å². The van der Waals surface area contributed by atoms with Crippen molar-refractivity contribution in [1.29, 1.82) is 0 Å². The monoisotopic (exact) mass is 375 g/mol. The van der Waals surface area contributed by atoms with E-state index < -0.39 is 17.0 Å². The zero-order valence-corrected chi connectivity index (χ0v) is 14.9. The van der Waals surface area contributed by atoms with Gasteiger partial charge in [0, 0.05) is 17.9 Å². The lowest BCUT2D eigenvalue weighted by Crippen LogP contribution is -2.39. The molecule has 4 nitrogen and oxygen atoms in total. The van der Waals surface area contributed by atoms with E-state index >= 15 is 0 Å². The van der Waals surface area contributed by atoms with Crippen molar-refractivity contribution in [2.24, 2.45) is 4.99 Å². The average Bonchev–Trinajstić information content (AvgIpc) is 2.92. The van der Waals surface area contributed by atoms with Gasteiger partial charge in [0.15, 0.2) is 11.6 Å². The van der Waals surface area contributed by atoms with Crippen molar-refractivity contribution < 1.29 is 13.6 Å². The molecule has 0 bridgehead atoms. The van der Waals surface area contributed by atoms with Crippen LogP contribution in [0.1, 0.15) is 44.6 Å². The molecule has 1 aromatic carbocycles. The van der Waals surface area contributed by atoms with Crippen LogP contribution in [-0.4, -0.2) is 21.5 Å². The Balaban J connectivity index is 1.93. The number of benzene rings is 1. The van der Waals surface area contributed by atoms with Gasteiger partial charge in [-0.15, -0.1) is 0 Å². The second kappa shape index (κ2) is 6.20. The predicted molar refractivity (Wildman–Crippen MR) is 94.9 cm³/mol. The molecule has 134 valence electrons. The summed E-state index contributed by atoms with van der Waals surface area (Å²) in [7, 11) is 0. The molecule has 1 spiro atoms. The van der Waals surface area contributed by atoms with Crippen molar-refractivity contribution in [3.05, 3.63) is 40.8 Å². The molecule has 26 heavy (non-hydrogen) atoms. The molecular formula is C19H16ClF2N3O. The van der Waals surface area contributed by atoms with Crippen LogP contribution >= 0.6 is 11.6 Å². The third-order valence-electron chi connectivity index (χ3n) is 5.28. The van der Waals surface area contributed by atoms with Crippen LogP contribution in [0.25, 0.3) is 11.3 Å². The Morgan fingerprint density at radius 2 is 1.88 bits per heavy atom. The minimum atomic E-state index is -0.683. The first-order valence-electron chi connectivity index (χ1n) is 8.55. The number of fused-ring (bicyclic) bond motifs is 2. The number of aromatic nitrogens is 2. The zero-order chi connectivity index (χ0) is 18.5. The van der Waals surface area contributed by atoms with Gasteiger partial charge in [-0.3, -0.25) is 4.79 Å². The average molecular weight is 376 g/mol. The molecule has 1 fully saturated rings. The maximum Gasteiger partial charge on any atom is 0.223 e. The van der Waals surface area contributed by atoms with Crippen LogP contribution in [0, 0.1) is 11.6 Å². The van der Waals surface area contributed by atoms with Crippen LogP contribution < -0.4 is 0 Å². The van der Waals surface area contributed by atoms with Crippen molar-refractivity contribution in [3.63, 3.8) is 0 Å². The molecule has 0 saturated heterocycles. The number of halogens is 3. The number of rotatable bonds is 2. The fraction of sp³-hybridized carbons (Fsp3) is 0.368. The van der Waals surface area contributed by atoms with E-state index in [4.69, 9.17) is 11.6 Å². The lowest BCUT2D eigenvalue weighted by atomic mass is 9.66. The lowest BCUT2D eigenvalue weighted by molar-refractivity contribution is -0.111. The molecular weight excluding hydrogens is 360 g/mol. The summed E-state index contributed by atoms with van der Waals surface area (Å²) in [6.07, 6.45) is 5.36. The maximum atomic E-state index is 14.8. The first kappa shape index (κ1) is 17.2. The Hall–Kier alpha value is -2.21. The lowest BCUT2D eigenvalue weighted by Gasteiger charge is -2.35. The van der Waals surface area contributed by atoms with Crippen LogP contribution in [0.4, 0.5) is 14.5 Å². The molecule has 2 aromatic rings. The summed E-state index contributed by atoms with van der Waals surface area (Å²) in [4.78, 5) is 24.0. The number of ketones is 1. The van der Waals surface area contributed by atoms with Gasteiger partial charge in [-0.2, -0.15) is 0 Å². The highest BCUT2D eigenvalue weighted by molar-refractivity contribution is 6.44. The number of carbonyl (C=O) groups excluding carboxylic acids is 1. The highest BCUT2D eigenvalue weighted by Gasteiger charge is 2.47. The van der Waals surface area contributed by atoms with Gasteiger partial charge < -0.3 is 0 Å². The Morgan fingerprint density at radius 3 is 2.58 bits per heavy atom. The molecule has 0 N–H and O–H groups in total. The van der Waals surface area contributed by atoms with E-state index in [0.717, 1.165) is 38.3 Å². The number of hydrogen-bond acceptors (Lipinski definition) is 4. The van der Waals surface area contributed by atoms with E-state index in [9.17, 15) is 13.6 Å². The largest absolute Gasteiger partial charge is 0.293 e. The standard InChI is InChI=1S/C19H16ClF2N3O/c1-10(26)17-19(5-3-2-4-6-19)12-7-11(8-13(21)16(12)24-17)15-14(22)9-23-18(20)25-15/h7-9H,2-6H2,1H3. The summed E-state index contributed by atoms with van der Waals surface area (Å²) in [6, 6.07) is 2.88. The van der Waals surface area contributed by atoms with Crippen LogP contribution in [-0.2, 0) is 10.2 Å². The Morgan fingerprint density at radius 1 is 1.15 bits per heavy atom. The third-order valence-corrected chi connectivity index (χ3v) is 5.47. The third kappa shape index (κ3) is 2.55. The highest BCUT2D eigenvalue weighted by atomic mass is 35.5. The molecule has 2 aliphatic rings. The van der Waals surface area contributed by atoms with Crippen molar-refractivity contribution in [2.75, 3.05) is 0 Å². The predicted octanol–water partition coefficient (Wildman–Crippen LogP) is 4.95. The van der Waals surface area contributed by atoms with Gasteiger partial charge in [0.1, 0.15) is 17.2 Å². The smallest absolute Gasteiger partial charge is 0.223 e. The molecule has 0 radical (unpaired) electrons. The van der Waals surface area contributed by atoms with Gasteiger partial charge in [-0.1, -0.05) is 19.3 Å². The normalized spacial score (nSPS) is 17.9. The number of aliphatic imine (C=N–C) groups is 1. The number of nitrogens with zero attached hydrogens (tertiary/aromatic N) is 3. The maximum absolute atomic E-state index is 14.8. The van der Waals surface area contributed by atoms with E-state index in [1.165, 1.54) is 13.0 Å². The zero-order valence-electron chi connectivity index (χ0n) is 14.2. The van der Waals surface area contributed by atoms with Gasteiger partial charge >= 0.3 is 0 Å². The molecule has 7 heteroatoms. The van der Waals surface area contributed by atoms with Crippen LogP contribution in [0.2, 0.25) is 5.28 Å². The van der Waals surface area contributed by atoms with Gasteiger partial charge in [0.05, 0.1) is 11.9 Å². The van der Waals surface area contributed by atoms with Crippen molar-refractivity contribution >= 4 is 28.8 Å². The summed E-state index contributed by atoms with van der Waals surface area (Å²) in [6.45, 7) is 1.46. The minimum absolute atomic E-state index is 0.0612. The van der Waals surface area contributed by atoms with Crippen molar-refractivity contribution in [2.45, 2.75) is 44.4 Å². The van der Waals surface area contributed by atoms with E-state index in [1.54, 1.807) is 6.07 Å². The molecule has 1 saturated carbocycles. The summed E-state index contributed by atoms with van der Waals surface area (Å²) >= 11 is 5.78. The molecule has 0 amide bonds. The Labute approximate surface area is 154 Å². The van der Waals surface area contributed by atoms with E-state index in [-0.39, 0.29) is 28.0 Å². The van der Waals surface area contributed by atoms with Crippen molar-refractivity contribution in [3.8, 4) is 11.3 Å². The van der Waals surface area contributed by atoms with E-state index in [0.29, 0.717) is 11.3 Å². The fourth-order valence-electron chi connectivity index (χ4n) is 4.19. The number of Topliss-reactive ketones (excluding diaryl/α,β-unsaturated/α-hetero) is 1. The summed E-state index contributed by atoms with van der Waals surface area (Å²) in [5.41, 5.74) is 0.850.